The molecule has 0 radical (unpaired) electrons. The van der Waals surface area contributed by atoms with E-state index in [4.69, 9.17) is 0 Å². The van der Waals surface area contributed by atoms with Crippen LogP contribution in [0.1, 0.15) is 19.4 Å². The van der Waals surface area contributed by atoms with Crippen molar-refractivity contribution in [1.29, 1.82) is 0 Å². The first-order valence-electron chi connectivity index (χ1n) is 5.96. The van der Waals surface area contributed by atoms with Gasteiger partial charge >= 0.3 is 18.3 Å². The summed E-state index contributed by atoms with van der Waals surface area (Å²) in [7, 11) is 0. The van der Waals surface area contributed by atoms with Gasteiger partial charge in [0, 0.05) is 3.57 Å². The predicted octanol–water partition coefficient (Wildman–Crippen LogP) is 3.29. The number of hydrogen-bond donors (Lipinski definition) is 0. The van der Waals surface area contributed by atoms with E-state index in [-0.39, 0.29) is 5.56 Å². The summed E-state index contributed by atoms with van der Waals surface area (Å²) in [5, 5.41) is 11.3. The molecule has 1 rings (SSSR count). The van der Waals surface area contributed by atoms with Gasteiger partial charge in [-0.05, 0) is 54.1 Å². The lowest BCUT2D eigenvalue weighted by molar-refractivity contribution is -0.575. The second-order valence-electron chi connectivity index (χ2n) is 5.08. The molecule has 0 aromatic heterocycles. The fraction of sp³-hybridized carbons (Fsp3) is 0.462. The third kappa shape index (κ3) is 3.90. The van der Waals surface area contributed by atoms with Gasteiger partial charge in [-0.2, -0.15) is 26.3 Å². The number of hydrogen-bond acceptors (Lipinski definition) is 3. The number of carbonyl (C=O) groups excluding carboxylic acids is 1. The summed E-state index contributed by atoms with van der Waals surface area (Å²) in [6.07, 6.45) is -12.8. The van der Waals surface area contributed by atoms with Crippen molar-refractivity contribution in [2.45, 2.75) is 37.4 Å². The predicted molar refractivity (Wildman–Crippen MR) is 73.1 cm³/mol. The van der Waals surface area contributed by atoms with Crippen LogP contribution in [0, 0.1) is 3.57 Å². The minimum absolute atomic E-state index is 0.137. The van der Waals surface area contributed by atoms with Gasteiger partial charge in [0.1, 0.15) is 5.60 Å². The first kappa shape index (κ1) is 20.0. The summed E-state index contributed by atoms with van der Waals surface area (Å²) in [6.45, 7) is 2.17. The molecule has 0 spiro atoms. The molecule has 1 aromatic rings. The third-order valence-corrected chi connectivity index (χ3v) is 3.69. The van der Waals surface area contributed by atoms with Gasteiger partial charge in [0.25, 0.3) is 0 Å². The molecule has 10 heteroatoms. The van der Waals surface area contributed by atoms with Gasteiger partial charge in [0.2, 0.25) is 0 Å². The zero-order valence-corrected chi connectivity index (χ0v) is 13.8. The third-order valence-electron chi connectivity index (χ3n) is 2.97. The standard InChI is InChI=1S/C13H10F6IO3/c1-10(2,7-3-5-8(20)6-4-7)23-9(21)11(22,12(14,15)16)13(17,18)19/h3-6H,1-2H3/q-1. The summed E-state index contributed by atoms with van der Waals surface area (Å²) >= 11 is 1.93. The van der Waals surface area contributed by atoms with Crippen LogP contribution in [-0.4, -0.2) is 23.9 Å². The molecule has 23 heavy (non-hydrogen) atoms. The number of alkyl halides is 6. The van der Waals surface area contributed by atoms with E-state index in [0.717, 1.165) is 17.4 Å². The van der Waals surface area contributed by atoms with E-state index in [1.54, 1.807) is 0 Å². The zero-order valence-electron chi connectivity index (χ0n) is 11.7. The highest BCUT2D eigenvalue weighted by atomic mass is 127. The van der Waals surface area contributed by atoms with Crippen LogP contribution < -0.4 is 5.11 Å². The van der Waals surface area contributed by atoms with Crippen LogP contribution in [0.5, 0.6) is 0 Å². The molecule has 0 atom stereocenters. The second-order valence-corrected chi connectivity index (χ2v) is 6.33. The molecule has 0 aliphatic rings. The molecule has 0 aliphatic carbocycles. The van der Waals surface area contributed by atoms with E-state index in [0.29, 0.717) is 0 Å². The molecule has 0 saturated heterocycles. The Morgan fingerprint density at radius 3 is 1.74 bits per heavy atom. The molecule has 0 unspecified atom stereocenters. The molecule has 130 valence electrons. The highest BCUT2D eigenvalue weighted by molar-refractivity contribution is 14.1. The maximum atomic E-state index is 12.5. The largest absolute Gasteiger partial charge is 0.828 e. The number of benzene rings is 1. The molecule has 0 fully saturated rings. The van der Waals surface area contributed by atoms with Crippen molar-refractivity contribution < 1.29 is 41.0 Å². The Morgan fingerprint density at radius 2 is 1.39 bits per heavy atom. The van der Waals surface area contributed by atoms with E-state index in [1.807, 2.05) is 22.6 Å². The van der Waals surface area contributed by atoms with E-state index >= 15 is 0 Å². The van der Waals surface area contributed by atoms with Crippen LogP contribution in [0.2, 0.25) is 0 Å². The van der Waals surface area contributed by atoms with Gasteiger partial charge in [-0.3, -0.25) is 4.79 Å². The number of esters is 1. The van der Waals surface area contributed by atoms with Crippen molar-refractivity contribution in [3.63, 3.8) is 0 Å². The lowest BCUT2D eigenvalue weighted by Gasteiger charge is -2.42. The lowest BCUT2D eigenvalue weighted by atomic mass is 9.97. The van der Waals surface area contributed by atoms with Crippen molar-refractivity contribution in [3.8, 4) is 0 Å². The Morgan fingerprint density at radius 1 is 1.00 bits per heavy atom. The monoisotopic (exact) mass is 455 g/mol. The lowest BCUT2D eigenvalue weighted by Crippen LogP contribution is -2.72. The molecule has 0 amide bonds. The van der Waals surface area contributed by atoms with Crippen LogP contribution in [-0.2, 0) is 15.1 Å². The SMILES string of the molecule is CC(C)(OC(=O)C([O-])(C(F)(F)F)C(F)(F)F)c1ccc(I)cc1. The average molecular weight is 455 g/mol. The fourth-order valence-electron chi connectivity index (χ4n) is 1.61. The maximum Gasteiger partial charge on any atom is 0.399 e. The summed E-state index contributed by atoms with van der Waals surface area (Å²) in [5.41, 5.74) is -7.56. The normalized spacial score (nSPS) is 13.8. The molecule has 0 bridgehead atoms. The number of ether oxygens (including phenoxy) is 1. The fourth-order valence-corrected chi connectivity index (χ4v) is 1.97. The number of carbonyl (C=O) groups is 1. The molecule has 1 aromatic carbocycles. The highest BCUT2D eigenvalue weighted by Gasteiger charge is 2.68. The maximum absolute atomic E-state index is 12.5. The summed E-state index contributed by atoms with van der Waals surface area (Å²) in [4.78, 5) is 11.4. The average Bonchev–Trinajstić information content (AvgIpc) is 2.34. The molecule has 0 aliphatic heterocycles. The van der Waals surface area contributed by atoms with Crippen LogP contribution in [0.4, 0.5) is 26.3 Å². The topological polar surface area (TPSA) is 49.4 Å². The Hall–Kier alpha value is -1.04. The first-order chi connectivity index (χ1) is 10.1. The van der Waals surface area contributed by atoms with Gasteiger partial charge in [-0.25, -0.2) is 0 Å². The van der Waals surface area contributed by atoms with Crippen molar-refractivity contribution >= 4 is 28.6 Å². The molecule has 0 saturated carbocycles. The van der Waals surface area contributed by atoms with E-state index in [2.05, 4.69) is 4.74 Å². The minimum atomic E-state index is -6.38. The van der Waals surface area contributed by atoms with Gasteiger partial charge in [0.15, 0.2) is 5.60 Å². The summed E-state index contributed by atoms with van der Waals surface area (Å²) in [6, 6.07) is 5.76. The van der Waals surface area contributed by atoms with Crippen LogP contribution in [0.15, 0.2) is 24.3 Å². The van der Waals surface area contributed by atoms with E-state index in [1.165, 1.54) is 24.3 Å². The van der Waals surface area contributed by atoms with Gasteiger partial charge in [0.05, 0.1) is 0 Å². The molecule has 0 heterocycles. The summed E-state index contributed by atoms with van der Waals surface area (Å²) < 4.78 is 80.3. The Kier molecular flexibility index (Phi) is 5.32. The van der Waals surface area contributed by atoms with Crippen molar-refractivity contribution in [2.24, 2.45) is 0 Å². The summed E-state index contributed by atoms with van der Waals surface area (Å²) in [5.74, 6) is -2.94. The van der Waals surface area contributed by atoms with Gasteiger partial charge in [-0.15, -0.1) is 0 Å². The smallest absolute Gasteiger partial charge is 0.399 e. The Bertz CT molecular complexity index is 563. The van der Waals surface area contributed by atoms with Crippen molar-refractivity contribution in [1.82, 2.24) is 0 Å². The minimum Gasteiger partial charge on any atom is -0.828 e. The van der Waals surface area contributed by atoms with E-state index < -0.39 is 29.5 Å². The highest BCUT2D eigenvalue weighted by Crippen LogP contribution is 2.43. The quantitative estimate of drug-likeness (QED) is 0.400. The van der Waals surface area contributed by atoms with Crippen LogP contribution in [0.3, 0.4) is 0 Å². The Labute approximate surface area is 140 Å². The second kappa shape index (κ2) is 6.11. The molecule has 3 nitrogen and oxygen atoms in total. The van der Waals surface area contributed by atoms with E-state index in [9.17, 15) is 36.2 Å². The molecular formula is C13H10F6IO3-. The number of rotatable bonds is 3. The Balaban J connectivity index is 3.19. The zero-order chi connectivity index (χ0) is 18.3. The molecular weight excluding hydrogens is 445 g/mol. The van der Waals surface area contributed by atoms with Crippen molar-refractivity contribution in [3.05, 3.63) is 33.4 Å². The van der Waals surface area contributed by atoms with Gasteiger partial charge in [-0.1, -0.05) is 12.1 Å². The van der Waals surface area contributed by atoms with Gasteiger partial charge < -0.3 is 9.84 Å². The molecule has 0 N–H and O–H groups in total. The van der Waals surface area contributed by atoms with Crippen LogP contribution >= 0.6 is 22.6 Å². The van der Waals surface area contributed by atoms with Crippen molar-refractivity contribution in [2.75, 3.05) is 0 Å². The first-order valence-corrected chi connectivity index (χ1v) is 7.04. The van der Waals surface area contributed by atoms with Crippen LogP contribution in [0.25, 0.3) is 0 Å². The number of halogens is 7.